The van der Waals surface area contributed by atoms with E-state index in [0.29, 0.717) is 18.3 Å². The Morgan fingerprint density at radius 3 is 2.71 bits per heavy atom. The summed E-state index contributed by atoms with van der Waals surface area (Å²) in [7, 11) is 0. The first-order chi connectivity index (χ1) is 6.59. The Morgan fingerprint density at radius 1 is 1.50 bits per heavy atom. The lowest BCUT2D eigenvalue weighted by atomic mass is 9.95. The number of rotatable bonds is 5. The van der Waals surface area contributed by atoms with Crippen LogP contribution in [0.15, 0.2) is 0 Å². The second-order valence-corrected chi connectivity index (χ2v) is 4.83. The second kappa shape index (κ2) is 5.50. The zero-order chi connectivity index (χ0) is 10.6. The van der Waals surface area contributed by atoms with Gasteiger partial charge in [0.25, 0.3) is 0 Å². The van der Waals surface area contributed by atoms with Crippen molar-refractivity contribution in [3.63, 3.8) is 0 Å². The number of carbonyl (C=O) groups is 1. The van der Waals surface area contributed by atoms with Gasteiger partial charge in [-0.25, -0.2) is 0 Å². The van der Waals surface area contributed by atoms with Crippen molar-refractivity contribution in [2.75, 3.05) is 6.61 Å². The van der Waals surface area contributed by atoms with E-state index in [9.17, 15) is 4.79 Å². The molecule has 0 bridgehead atoms. The Hall–Kier alpha value is -0.370. The molecule has 1 aliphatic rings. The van der Waals surface area contributed by atoms with E-state index in [4.69, 9.17) is 4.74 Å². The van der Waals surface area contributed by atoms with E-state index in [2.05, 4.69) is 13.8 Å². The zero-order valence-electron chi connectivity index (χ0n) is 9.58. The molecule has 82 valence electrons. The molecule has 0 spiro atoms. The Labute approximate surface area is 87.0 Å². The van der Waals surface area contributed by atoms with Crippen molar-refractivity contribution in [1.29, 1.82) is 0 Å². The molecule has 1 saturated heterocycles. The highest BCUT2D eigenvalue weighted by Gasteiger charge is 2.27. The maximum Gasteiger partial charge on any atom is 0.138 e. The molecule has 1 aliphatic heterocycles. The average molecular weight is 198 g/mol. The number of ether oxygens (including phenoxy) is 1. The fraction of sp³-hybridized carbons (Fsp3) is 0.917. The lowest BCUT2D eigenvalue weighted by Gasteiger charge is -2.07. The van der Waals surface area contributed by atoms with Crippen LogP contribution in [-0.4, -0.2) is 18.5 Å². The van der Waals surface area contributed by atoms with Crippen LogP contribution in [0, 0.1) is 11.8 Å². The van der Waals surface area contributed by atoms with Gasteiger partial charge in [-0.1, -0.05) is 20.3 Å². The molecular formula is C12H22O2. The first-order valence-electron chi connectivity index (χ1n) is 5.74. The molecule has 0 aromatic heterocycles. The van der Waals surface area contributed by atoms with Gasteiger partial charge in [0.1, 0.15) is 5.78 Å². The molecule has 0 aliphatic carbocycles. The second-order valence-electron chi connectivity index (χ2n) is 4.83. The van der Waals surface area contributed by atoms with E-state index in [0.717, 1.165) is 25.7 Å². The van der Waals surface area contributed by atoms with Crippen molar-refractivity contribution in [2.45, 2.75) is 52.6 Å². The largest absolute Gasteiger partial charge is 0.378 e. The summed E-state index contributed by atoms with van der Waals surface area (Å²) >= 11 is 0. The van der Waals surface area contributed by atoms with Crippen LogP contribution < -0.4 is 0 Å². The summed E-state index contributed by atoms with van der Waals surface area (Å²) in [5, 5.41) is 0. The maximum absolute atomic E-state index is 11.7. The van der Waals surface area contributed by atoms with Crippen LogP contribution in [0.4, 0.5) is 0 Å². The molecule has 1 heterocycles. The van der Waals surface area contributed by atoms with E-state index >= 15 is 0 Å². The topological polar surface area (TPSA) is 26.3 Å². The molecule has 0 saturated carbocycles. The highest BCUT2D eigenvalue weighted by atomic mass is 16.5. The molecule has 0 aromatic rings. The summed E-state index contributed by atoms with van der Waals surface area (Å²) < 4.78 is 5.39. The van der Waals surface area contributed by atoms with Crippen LogP contribution in [0.2, 0.25) is 0 Å². The molecule has 1 fully saturated rings. The summed E-state index contributed by atoms with van der Waals surface area (Å²) in [5.74, 6) is 1.31. The Kier molecular flexibility index (Phi) is 4.59. The van der Waals surface area contributed by atoms with E-state index in [1.165, 1.54) is 0 Å². The molecule has 1 rings (SSSR count). The molecular weight excluding hydrogens is 176 g/mol. The zero-order valence-corrected chi connectivity index (χ0v) is 9.58. The Balaban J connectivity index is 2.15. The fourth-order valence-electron chi connectivity index (χ4n) is 1.93. The molecule has 14 heavy (non-hydrogen) atoms. The first-order valence-corrected chi connectivity index (χ1v) is 5.74. The smallest absolute Gasteiger partial charge is 0.138 e. The van der Waals surface area contributed by atoms with Gasteiger partial charge in [0.05, 0.1) is 12.7 Å². The van der Waals surface area contributed by atoms with E-state index in [-0.39, 0.29) is 12.0 Å². The highest BCUT2D eigenvalue weighted by Crippen LogP contribution is 2.22. The third kappa shape index (κ3) is 3.79. The normalized spacial score (nSPS) is 27.1. The van der Waals surface area contributed by atoms with Crippen molar-refractivity contribution in [2.24, 2.45) is 11.8 Å². The Morgan fingerprint density at radius 2 is 2.21 bits per heavy atom. The van der Waals surface area contributed by atoms with Crippen LogP contribution in [0.1, 0.15) is 46.5 Å². The van der Waals surface area contributed by atoms with Crippen molar-refractivity contribution in [1.82, 2.24) is 0 Å². The molecule has 2 unspecified atom stereocenters. The lowest BCUT2D eigenvalue weighted by molar-refractivity contribution is -0.122. The van der Waals surface area contributed by atoms with Crippen molar-refractivity contribution in [3.05, 3.63) is 0 Å². The number of ketones is 1. The minimum Gasteiger partial charge on any atom is -0.378 e. The number of carbonyl (C=O) groups excluding carboxylic acids is 1. The van der Waals surface area contributed by atoms with Crippen LogP contribution in [-0.2, 0) is 9.53 Å². The standard InChI is InChI=1S/C12H22O2/c1-9(2)5-4-6-12(13)11-7-10(3)14-8-11/h9-11H,4-8H2,1-3H3. The molecule has 0 radical (unpaired) electrons. The van der Waals surface area contributed by atoms with Gasteiger partial charge in [-0.15, -0.1) is 0 Å². The van der Waals surface area contributed by atoms with Gasteiger partial charge in [0.2, 0.25) is 0 Å². The quantitative estimate of drug-likeness (QED) is 0.679. The van der Waals surface area contributed by atoms with Crippen molar-refractivity contribution in [3.8, 4) is 0 Å². The molecule has 2 nitrogen and oxygen atoms in total. The molecule has 0 N–H and O–H groups in total. The maximum atomic E-state index is 11.7. The number of hydrogen-bond donors (Lipinski definition) is 0. The molecule has 2 heteroatoms. The number of Topliss-reactive ketones (excluding diaryl/α,β-unsaturated/α-hetero) is 1. The predicted molar refractivity (Wildman–Crippen MR) is 57.2 cm³/mol. The van der Waals surface area contributed by atoms with Crippen LogP contribution in [0.3, 0.4) is 0 Å². The minimum absolute atomic E-state index is 0.192. The van der Waals surface area contributed by atoms with Crippen LogP contribution in [0.25, 0.3) is 0 Å². The predicted octanol–water partition coefficient (Wildman–Crippen LogP) is 2.81. The third-order valence-electron chi connectivity index (χ3n) is 2.86. The fourth-order valence-corrected chi connectivity index (χ4v) is 1.93. The Bertz CT molecular complexity index is 187. The average Bonchev–Trinajstić information content (AvgIpc) is 2.51. The van der Waals surface area contributed by atoms with Crippen LogP contribution in [0.5, 0.6) is 0 Å². The minimum atomic E-state index is 0.192. The summed E-state index contributed by atoms with van der Waals surface area (Å²) in [4.78, 5) is 11.7. The summed E-state index contributed by atoms with van der Waals surface area (Å²) in [6.07, 6.45) is 4.17. The highest BCUT2D eigenvalue weighted by molar-refractivity contribution is 5.81. The van der Waals surface area contributed by atoms with Crippen molar-refractivity contribution < 1.29 is 9.53 Å². The van der Waals surface area contributed by atoms with Gasteiger partial charge in [0, 0.05) is 12.3 Å². The first kappa shape index (κ1) is 11.7. The molecule has 0 aromatic carbocycles. The van der Waals surface area contributed by atoms with E-state index < -0.39 is 0 Å². The monoisotopic (exact) mass is 198 g/mol. The van der Waals surface area contributed by atoms with Gasteiger partial charge in [-0.3, -0.25) is 4.79 Å². The van der Waals surface area contributed by atoms with Gasteiger partial charge < -0.3 is 4.74 Å². The SMILES string of the molecule is CC(C)CCCC(=O)C1COC(C)C1. The summed E-state index contributed by atoms with van der Waals surface area (Å²) in [6, 6.07) is 0. The molecule has 0 amide bonds. The van der Waals surface area contributed by atoms with E-state index in [1.54, 1.807) is 0 Å². The summed E-state index contributed by atoms with van der Waals surface area (Å²) in [5.41, 5.74) is 0. The molecule has 2 atom stereocenters. The lowest BCUT2D eigenvalue weighted by Crippen LogP contribution is -2.14. The van der Waals surface area contributed by atoms with Gasteiger partial charge >= 0.3 is 0 Å². The number of hydrogen-bond acceptors (Lipinski definition) is 2. The van der Waals surface area contributed by atoms with E-state index in [1.807, 2.05) is 6.92 Å². The van der Waals surface area contributed by atoms with Gasteiger partial charge in [-0.2, -0.15) is 0 Å². The summed E-state index contributed by atoms with van der Waals surface area (Å²) in [6.45, 7) is 7.10. The van der Waals surface area contributed by atoms with Gasteiger partial charge in [0.15, 0.2) is 0 Å². The van der Waals surface area contributed by atoms with Crippen LogP contribution >= 0.6 is 0 Å². The van der Waals surface area contributed by atoms with Gasteiger partial charge in [-0.05, 0) is 25.7 Å². The third-order valence-corrected chi connectivity index (χ3v) is 2.86. The van der Waals surface area contributed by atoms with Crippen molar-refractivity contribution >= 4 is 5.78 Å².